The smallest absolute Gasteiger partial charge is 0.235 e. The molecule has 0 aliphatic carbocycles. The molecule has 1 amide bonds. The molecule has 1 heterocycles. The van der Waals surface area contributed by atoms with Gasteiger partial charge < -0.3 is 15.1 Å². The molecule has 0 spiro atoms. The van der Waals surface area contributed by atoms with Crippen LogP contribution in [0, 0.1) is 0 Å². The second-order valence-electron chi connectivity index (χ2n) is 3.57. The zero-order chi connectivity index (χ0) is 10.1. The number of hydrogen-bond donors (Lipinski definition) is 3. The van der Waals surface area contributed by atoms with Gasteiger partial charge in [0.2, 0.25) is 5.91 Å². The Balaban J connectivity index is 2.55. The minimum absolute atomic E-state index is 0.0901. The van der Waals surface area contributed by atoms with Gasteiger partial charge >= 0.3 is 0 Å². The molecular weight excluding hydrogens is 190 g/mol. The topological polar surface area (TPSA) is 60.8 Å². The van der Waals surface area contributed by atoms with Crippen molar-refractivity contribution in [2.75, 3.05) is 19.7 Å². The van der Waals surface area contributed by atoms with Crippen molar-refractivity contribution in [1.29, 1.82) is 0 Å². The van der Waals surface area contributed by atoms with E-state index in [0.717, 1.165) is 0 Å². The lowest BCUT2D eigenvalue weighted by Gasteiger charge is -2.21. The Bertz CT molecular complexity index is 210. The molecule has 5 heteroatoms. The summed E-state index contributed by atoms with van der Waals surface area (Å²) < 4.78 is 0. The fourth-order valence-corrected chi connectivity index (χ4v) is 1.60. The number of carbonyl (C=O) groups excluding carboxylic acids is 1. The number of hydrogen-bond acceptors (Lipinski definition) is 4. The Morgan fingerprint density at radius 1 is 1.77 bits per heavy atom. The number of β-amino-alcohol motifs (C(OH)–C–C–N with tert-alkyl or cyclic N) is 1. The number of likely N-dealkylation sites (tertiary alicyclic amines) is 1. The Kier molecular flexibility index (Phi) is 3.21. The van der Waals surface area contributed by atoms with Gasteiger partial charge in [-0.2, -0.15) is 12.6 Å². The quantitative estimate of drug-likeness (QED) is 0.520. The molecule has 0 saturated carbocycles. The lowest BCUT2D eigenvalue weighted by Crippen LogP contribution is -2.40. The molecular formula is C8H15NO3S. The molecule has 0 aromatic heterocycles. The van der Waals surface area contributed by atoms with Gasteiger partial charge in [0, 0.05) is 6.54 Å². The molecule has 2 unspecified atom stereocenters. The summed E-state index contributed by atoms with van der Waals surface area (Å²) >= 11 is 4.02. The highest BCUT2D eigenvalue weighted by Crippen LogP contribution is 2.21. The molecule has 2 atom stereocenters. The Morgan fingerprint density at radius 3 is 2.77 bits per heavy atom. The molecule has 13 heavy (non-hydrogen) atoms. The minimum Gasteiger partial charge on any atom is -0.393 e. The predicted octanol–water partition coefficient (Wildman–Crippen LogP) is -0.740. The molecule has 0 radical (unpaired) electrons. The van der Waals surface area contributed by atoms with Crippen LogP contribution in [0.1, 0.15) is 13.3 Å². The van der Waals surface area contributed by atoms with Gasteiger partial charge in [0.05, 0.1) is 18.4 Å². The standard InChI is InChI=1S/C8H15NO3S/c1-6(13)7(11)9-3-2-8(12,4-9)5-10/h6,10,12-13H,2-5H2,1H3. The molecule has 1 fully saturated rings. The molecule has 1 aliphatic rings. The van der Waals surface area contributed by atoms with Gasteiger partial charge in [-0.05, 0) is 13.3 Å². The van der Waals surface area contributed by atoms with Crippen LogP contribution in [-0.4, -0.2) is 51.6 Å². The summed E-state index contributed by atoms with van der Waals surface area (Å²) in [4.78, 5) is 12.9. The first-order valence-corrected chi connectivity index (χ1v) is 4.80. The van der Waals surface area contributed by atoms with Gasteiger partial charge in [-0.3, -0.25) is 4.79 Å². The van der Waals surface area contributed by atoms with Crippen LogP contribution in [0.5, 0.6) is 0 Å². The maximum Gasteiger partial charge on any atom is 0.235 e. The van der Waals surface area contributed by atoms with E-state index in [1.807, 2.05) is 0 Å². The first-order valence-electron chi connectivity index (χ1n) is 4.28. The van der Waals surface area contributed by atoms with Gasteiger partial charge in [0.15, 0.2) is 0 Å². The zero-order valence-corrected chi connectivity index (χ0v) is 8.50. The van der Waals surface area contributed by atoms with Gasteiger partial charge in [-0.1, -0.05) is 0 Å². The molecule has 4 nitrogen and oxygen atoms in total. The van der Waals surface area contributed by atoms with E-state index in [2.05, 4.69) is 12.6 Å². The zero-order valence-electron chi connectivity index (χ0n) is 7.60. The van der Waals surface area contributed by atoms with Crippen LogP contribution in [0.15, 0.2) is 0 Å². The number of aliphatic hydroxyl groups is 2. The van der Waals surface area contributed by atoms with E-state index < -0.39 is 5.60 Å². The third kappa shape index (κ3) is 2.36. The highest BCUT2D eigenvalue weighted by molar-refractivity contribution is 7.81. The summed E-state index contributed by atoms with van der Waals surface area (Å²) in [6.07, 6.45) is 0.440. The number of rotatable bonds is 2. The first-order chi connectivity index (χ1) is 5.98. The predicted molar refractivity (Wildman–Crippen MR) is 51.7 cm³/mol. The number of carbonyl (C=O) groups is 1. The molecule has 1 aliphatic heterocycles. The third-order valence-electron chi connectivity index (χ3n) is 2.30. The minimum atomic E-state index is -1.10. The van der Waals surface area contributed by atoms with Crippen LogP contribution >= 0.6 is 12.6 Å². The SMILES string of the molecule is CC(S)C(=O)N1CCC(O)(CO)C1. The summed E-state index contributed by atoms with van der Waals surface area (Å²) in [5, 5.41) is 18.1. The van der Waals surface area contributed by atoms with E-state index in [0.29, 0.717) is 13.0 Å². The van der Waals surface area contributed by atoms with Crippen molar-refractivity contribution in [3.63, 3.8) is 0 Å². The lowest BCUT2D eigenvalue weighted by atomic mass is 10.1. The summed E-state index contributed by atoms with van der Waals surface area (Å²) in [7, 11) is 0. The van der Waals surface area contributed by atoms with Crippen LogP contribution in [0.2, 0.25) is 0 Å². The van der Waals surface area contributed by atoms with Crippen molar-refractivity contribution in [1.82, 2.24) is 4.90 Å². The van der Waals surface area contributed by atoms with Crippen LogP contribution in [-0.2, 0) is 4.79 Å². The highest BCUT2D eigenvalue weighted by Gasteiger charge is 2.38. The Hall–Kier alpha value is -0.260. The average Bonchev–Trinajstić information content (AvgIpc) is 2.47. The highest BCUT2D eigenvalue weighted by atomic mass is 32.1. The summed E-state index contributed by atoms with van der Waals surface area (Å²) in [5.41, 5.74) is -1.10. The van der Waals surface area contributed by atoms with Gasteiger partial charge in [-0.25, -0.2) is 0 Å². The van der Waals surface area contributed by atoms with E-state index in [1.54, 1.807) is 6.92 Å². The van der Waals surface area contributed by atoms with Crippen molar-refractivity contribution in [2.45, 2.75) is 24.2 Å². The Labute approximate surface area is 83.0 Å². The number of thiol groups is 1. The van der Waals surface area contributed by atoms with Gasteiger partial charge in [-0.15, -0.1) is 0 Å². The molecule has 1 rings (SSSR count). The van der Waals surface area contributed by atoms with E-state index in [1.165, 1.54) is 4.90 Å². The van der Waals surface area contributed by atoms with Crippen molar-refractivity contribution in [2.24, 2.45) is 0 Å². The molecule has 0 bridgehead atoms. The van der Waals surface area contributed by atoms with E-state index in [4.69, 9.17) is 5.11 Å². The molecule has 0 aromatic rings. The van der Waals surface area contributed by atoms with Crippen molar-refractivity contribution in [3.8, 4) is 0 Å². The van der Waals surface area contributed by atoms with Crippen molar-refractivity contribution < 1.29 is 15.0 Å². The second-order valence-corrected chi connectivity index (χ2v) is 4.34. The summed E-state index contributed by atoms with van der Waals surface area (Å²) in [6.45, 7) is 2.12. The molecule has 0 aromatic carbocycles. The van der Waals surface area contributed by atoms with E-state index in [9.17, 15) is 9.90 Å². The van der Waals surface area contributed by atoms with E-state index >= 15 is 0 Å². The van der Waals surface area contributed by atoms with E-state index in [-0.39, 0.29) is 24.3 Å². The van der Waals surface area contributed by atoms with Gasteiger partial charge in [0.25, 0.3) is 0 Å². The van der Waals surface area contributed by atoms with Gasteiger partial charge in [0.1, 0.15) is 5.60 Å². The first kappa shape index (κ1) is 10.8. The fourth-order valence-electron chi connectivity index (χ4n) is 1.44. The molecule has 2 N–H and O–H groups in total. The number of amides is 1. The lowest BCUT2D eigenvalue weighted by molar-refractivity contribution is -0.130. The molecule has 1 saturated heterocycles. The third-order valence-corrected chi connectivity index (χ3v) is 2.52. The Morgan fingerprint density at radius 2 is 2.38 bits per heavy atom. The number of nitrogens with zero attached hydrogens (tertiary/aromatic N) is 1. The van der Waals surface area contributed by atoms with Crippen LogP contribution in [0.25, 0.3) is 0 Å². The summed E-state index contributed by atoms with van der Waals surface area (Å²) in [5.74, 6) is -0.0901. The van der Waals surface area contributed by atoms with Crippen molar-refractivity contribution >= 4 is 18.5 Å². The van der Waals surface area contributed by atoms with Crippen molar-refractivity contribution in [3.05, 3.63) is 0 Å². The summed E-state index contributed by atoms with van der Waals surface area (Å²) in [6, 6.07) is 0. The maximum absolute atomic E-state index is 11.4. The van der Waals surface area contributed by atoms with Crippen LogP contribution < -0.4 is 0 Å². The normalized spacial score (nSPS) is 30.6. The maximum atomic E-state index is 11.4. The van der Waals surface area contributed by atoms with Crippen LogP contribution in [0.4, 0.5) is 0 Å². The van der Waals surface area contributed by atoms with Crippen LogP contribution in [0.3, 0.4) is 0 Å². The fraction of sp³-hybridized carbons (Fsp3) is 0.875. The number of aliphatic hydroxyl groups excluding tert-OH is 1. The monoisotopic (exact) mass is 205 g/mol. The average molecular weight is 205 g/mol. The molecule has 76 valence electrons. The second kappa shape index (κ2) is 3.86. The largest absolute Gasteiger partial charge is 0.393 e.